The predicted octanol–water partition coefficient (Wildman–Crippen LogP) is 3.22. The zero-order valence-electron chi connectivity index (χ0n) is 8.76. The Bertz CT molecular complexity index is 155. The molecule has 0 aromatic rings. The molecule has 1 N–H and O–H groups in total. The lowest BCUT2D eigenvalue weighted by Gasteiger charge is -2.31. The first-order chi connectivity index (χ1) is 6.66. The molecule has 0 aromatic carbocycles. The molecule has 1 fully saturated rings. The third kappa shape index (κ3) is 2.91. The normalized spacial score (nSPS) is 23.8. The molecule has 0 heterocycles. The van der Waals surface area contributed by atoms with E-state index >= 15 is 0 Å². The summed E-state index contributed by atoms with van der Waals surface area (Å²) in [5.41, 5.74) is 0. The van der Waals surface area contributed by atoms with Crippen LogP contribution in [-0.2, 0) is 0 Å². The van der Waals surface area contributed by atoms with Crippen LogP contribution in [0.5, 0.6) is 0 Å². The first-order valence-electron chi connectivity index (χ1n) is 5.63. The molecule has 0 saturated heterocycles. The second kappa shape index (κ2) is 5.64. The highest BCUT2D eigenvalue weighted by Crippen LogP contribution is 2.32. The van der Waals surface area contributed by atoms with E-state index in [-0.39, 0.29) is 5.92 Å². The molecule has 84 valence electrons. The van der Waals surface area contributed by atoms with Crippen molar-refractivity contribution in [2.75, 3.05) is 0 Å². The lowest BCUT2D eigenvalue weighted by molar-refractivity contribution is -0.0443. The summed E-state index contributed by atoms with van der Waals surface area (Å²) >= 11 is 0. The first-order valence-corrected chi connectivity index (χ1v) is 5.63. The van der Waals surface area contributed by atoms with Crippen LogP contribution in [0.15, 0.2) is 0 Å². The number of aliphatic hydroxyl groups is 1. The topological polar surface area (TPSA) is 20.2 Å². The van der Waals surface area contributed by atoms with Gasteiger partial charge in [0.05, 0.1) is 6.10 Å². The molecule has 0 spiro atoms. The zero-order valence-corrected chi connectivity index (χ0v) is 8.76. The fraction of sp³-hybridized carbons (Fsp3) is 1.00. The Morgan fingerprint density at radius 2 is 1.79 bits per heavy atom. The van der Waals surface area contributed by atoms with Gasteiger partial charge in [-0.25, -0.2) is 8.78 Å². The summed E-state index contributed by atoms with van der Waals surface area (Å²) in [6.07, 6.45) is 2.40. The fourth-order valence-electron chi connectivity index (χ4n) is 2.39. The SMILES string of the molecule is CCC(C(F)F)C(O)C1CCCCC1. The van der Waals surface area contributed by atoms with Crippen molar-refractivity contribution >= 4 is 0 Å². The van der Waals surface area contributed by atoms with Gasteiger partial charge in [-0.1, -0.05) is 26.2 Å². The van der Waals surface area contributed by atoms with E-state index < -0.39 is 18.4 Å². The molecular weight excluding hydrogens is 186 g/mol. The molecule has 1 saturated carbocycles. The summed E-state index contributed by atoms with van der Waals surface area (Å²) in [5, 5.41) is 9.82. The van der Waals surface area contributed by atoms with Crippen LogP contribution in [0.4, 0.5) is 8.78 Å². The summed E-state index contributed by atoms with van der Waals surface area (Å²) in [4.78, 5) is 0. The third-order valence-electron chi connectivity index (χ3n) is 3.37. The number of alkyl halides is 2. The lowest BCUT2D eigenvalue weighted by Crippen LogP contribution is -2.34. The maximum atomic E-state index is 12.5. The molecule has 2 atom stereocenters. The molecule has 1 aliphatic carbocycles. The molecule has 0 aliphatic heterocycles. The van der Waals surface area contributed by atoms with Crippen LogP contribution < -0.4 is 0 Å². The van der Waals surface area contributed by atoms with E-state index in [1.807, 2.05) is 0 Å². The van der Waals surface area contributed by atoms with Gasteiger partial charge in [0.2, 0.25) is 6.43 Å². The van der Waals surface area contributed by atoms with Gasteiger partial charge >= 0.3 is 0 Å². The lowest BCUT2D eigenvalue weighted by atomic mass is 9.80. The van der Waals surface area contributed by atoms with E-state index in [2.05, 4.69) is 0 Å². The number of hydrogen-bond donors (Lipinski definition) is 1. The standard InChI is InChI=1S/C11H20F2O/c1-2-9(11(12)13)10(14)8-6-4-3-5-7-8/h8-11,14H,2-7H2,1H3. The van der Waals surface area contributed by atoms with E-state index in [0.717, 1.165) is 25.7 Å². The molecule has 0 amide bonds. The van der Waals surface area contributed by atoms with Crippen LogP contribution in [0.3, 0.4) is 0 Å². The molecule has 1 aliphatic rings. The second-order valence-corrected chi connectivity index (χ2v) is 4.30. The smallest absolute Gasteiger partial charge is 0.243 e. The predicted molar refractivity (Wildman–Crippen MR) is 52.4 cm³/mol. The Labute approximate surface area is 84.5 Å². The Hall–Kier alpha value is -0.180. The molecule has 2 unspecified atom stereocenters. The van der Waals surface area contributed by atoms with Crippen molar-refractivity contribution < 1.29 is 13.9 Å². The summed E-state index contributed by atoms with van der Waals surface area (Å²) in [6, 6.07) is 0. The van der Waals surface area contributed by atoms with Gasteiger partial charge in [-0.05, 0) is 25.2 Å². The molecule has 0 aromatic heterocycles. The first kappa shape index (κ1) is 11.9. The van der Waals surface area contributed by atoms with Crippen LogP contribution in [-0.4, -0.2) is 17.6 Å². The highest BCUT2D eigenvalue weighted by Gasteiger charge is 2.33. The average molecular weight is 206 g/mol. The minimum absolute atomic E-state index is 0.114. The van der Waals surface area contributed by atoms with Crippen LogP contribution in [0.1, 0.15) is 45.4 Å². The molecule has 0 bridgehead atoms. The monoisotopic (exact) mass is 206 g/mol. The minimum Gasteiger partial charge on any atom is -0.392 e. The molecule has 3 heteroatoms. The van der Waals surface area contributed by atoms with Crippen molar-refractivity contribution in [1.29, 1.82) is 0 Å². The van der Waals surface area contributed by atoms with Crippen molar-refractivity contribution in [2.24, 2.45) is 11.8 Å². The van der Waals surface area contributed by atoms with Crippen LogP contribution in [0.2, 0.25) is 0 Å². The van der Waals surface area contributed by atoms with Crippen molar-refractivity contribution in [3.8, 4) is 0 Å². The van der Waals surface area contributed by atoms with Gasteiger partial charge in [-0.3, -0.25) is 0 Å². The van der Waals surface area contributed by atoms with Crippen molar-refractivity contribution in [2.45, 2.75) is 58.0 Å². The Morgan fingerprint density at radius 3 is 2.21 bits per heavy atom. The van der Waals surface area contributed by atoms with Gasteiger partial charge in [-0.2, -0.15) is 0 Å². The van der Waals surface area contributed by atoms with Gasteiger partial charge in [0.1, 0.15) is 0 Å². The van der Waals surface area contributed by atoms with Crippen molar-refractivity contribution in [3.05, 3.63) is 0 Å². The van der Waals surface area contributed by atoms with Gasteiger partial charge < -0.3 is 5.11 Å². The van der Waals surface area contributed by atoms with E-state index in [4.69, 9.17) is 0 Å². The summed E-state index contributed by atoms with van der Waals surface area (Å²) < 4.78 is 25.1. The molecule has 0 radical (unpaired) electrons. The Kier molecular flexibility index (Phi) is 4.79. The fourth-order valence-corrected chi connectivity index (χ4v) is 2.39. The number of hydrogen-bond acceptors (Lipinski definition) is 1. The highest BCUT2D eigenvalue weighted by molar-refractivity contribution is 4.79. The van der Waals surface area contributed by atoms with Gasteiger partial charge in [0, 0.05) is 5.92 Å². The number of rotatable bonds is 4. The van der Waals surface area contributed by atoms with Crippen LogP contribution >= 0.6 is 0 Å². The number of halogens is 2. The van der Waals surface area contributed by atoms with E-state index in [9.17, 15) is 13.9 Å². The van der Waals surface area contributed by atoms with E-state index in [0.29, 0.717) is 6.42 Å². The maximum absolute atomic E-state index is 12.5. The highest BCUT2D eigenvalue weighted by atomic mass is 19.3. The molecule has 1 rings (SSSR count). The third-order valence-corrected chi connectivity index (χ3v) is 3.37. The van der Waals surface area contributed by atoms with Crippen LogP contribution in [0.25, 0.3) is 0 Å². The molecule has 1 nitrogen and oxygen atoms in total. The van der Waals surface area contributed by atoms with Gasteiger partial charge in [0.15, 0.2) is 0 Å². The maximum Gasteiger partial charge on any atom is 0.243 e. The van der Waals surface area contributed by atoms with Gasteiger partial charge in [0.25, 0.3) is 0 Å². The van der Waals surface area contributed by atoms with Crippen molar-refractivity contribution in [1.82, 2.24) is 0 Å². The minimum atomic E-state index is -2.38. The Morgan fingerprint density at radius 1 is 1.21 bits per heavy atom. The largest absolute Gasteiger partial charge is 0.392 e. The van der Waals surface area contributed by atoms with Crippen molar-refractivity contribution in [3.63, 3.8) is 0 Å². The average Bonchev–Trinajstić information content (AvgIpc) is 2.19. The number of aliphatic hydroxyl groups excluding tert-OH is 1. The summed E-state index contributed by atoms with van der Waals surface area (Å²) in [7, 11) is 0. The zero-order chi connectivity index (χ0) is 10.6. The Balaban J connectivity index is 2.47. The molecular formula is C11H20F2O. The van der Waals surface area contributed by atoms with E-state index in [1.54, 1.807) is 6.92 Å². The summed E-state index contributed by atoms with van der Waals surface area (Å²) in [6.45, 7) is 1.73. The quantitative estimate of drug-likeness (QED) is 0.748. The van der Waals surface area contributed by atoms with Crippen LogP contribution in [0, 0.1) is 11.8 Å². The summed E-state index contributed by atoms with van der Waals surface area (Å²) in [5.74, 6) is -0.708. The second-order valence-electron chi connectivity index (χ2n) is 4.30. The van der Waals surface area contributed by atoms with Gasteiger partial charge in [-0.15, -0.1) is 0 Å². The van der Waals surface area contributed by atoms with E-state index in [1.165, 1.54) is 6.42 Å². The molecule has 14 heavy (non-hydrogen) atoms.